The van der Waals surface area contributed by atoms with Gasteiger partial charge in [0.15, 0.2) is 11.5 Å². The molecule has 1 unspecified atom stereocenters. The molecule has 0 radical (unpaired) electrons. The van der Waals surface area contributed by atoms with Crippen molar-refractivity contribution in [3.8, 4) is 11.5 Å². The molecule has 1 aliphatic rings. The second-order valence-corrected chi connectivity index (χ2v) is 6.88. The van der Waals surface area contributed by atoms with Gasteiger partial charge in [0, 0.05) is 5.56 Å². The average molecular weight is 349 g/mol. The van der Waals surface area contributed by atoms with Crippen molar-refractivity contribution in [3.63, 3.8) is 0 Å². The number of rotatable bonds is 8. The molecular formula is C19H27NO5. The number of nitrogens with one attached hydrogen (secondary N) is 1. The van der Waals surface area contributed by atoms with E-state index in [1.165, 1.54) is 0 Å². The number of aliphatic carboxylic acids is 1. The summed E-state index contributed by atoms with van der Waals surface area (Å²) in [6, 6.07) is 4.01. The molecule has 1 amide bonds. The van der Waals surface area contributed by atoms with E-state index in [0.717, 1.165) is 25.7 Å². The van der Waals surface area contributed by atoms with Gasteiger partial charge >= 0.3 is 5.97 Å². The maximum Gasteiger partial charge on any atom is 0.326 e. The summed E-state index contributed by atoms with van der Waals surface area (Å²) in [5.74, 6) is -0.193. The predicted molar refractivity (Wildman–Crippen MR) is 94.2 cm³/mol. The molecule has 0 bridgehead atoms. The quantitative estimate of drug-likeness (QED) is 0.752. The first-order valence-electron chi connectivity index (χ1n) is 8.79. The lowest BCUT2D eigenvalue weighted by atomic mass is 10.0. The topological polar surface area (TPSA) is 84.9 Å². The molecule has 0 aliphatic heterocycles. The Balaban J connectivity index is 2.14. The van der Waals surface area contributed by atoms with Crippen LogP contribution in [-0.2, 0) is 4.79 Å². The number of hydrogen-bond donors (Lipinski definition) is 2. The van der Waals surface area contributed by atoms with Crippen LogP contribution >= 0.6 is 0 Å². The molecule has 2 N–H and O–H groups in total. The van der Waals surface area contributed by atoms with Gasteiger partial charge in [-0.05, 0) is 56.2 Å². The predicted octanol–water partition coefficient (Wildman–Crippen LogP) is 3.25. The highest BCUT2D eigenvalue weighted by molar-refractivity contribution is 5.97. The molecular weight excluding hydrogens is 322 g/mol. The molecule has 2 rings (SSSR count). The number of carbonyl (C=O) groups excluding carboxylic acids is 1. The van der Waals surface area contributed by atoms with Crippen molar-refractivity contribution in [1.82, 2.24) is 5.32 Å². The van der Waals surface area contributed by atoms with E-state index >= 15 is 0 Å². The molecule has 0 heterocycles. The van der Waals surface area contributed by atoms with E-state index in [1.54, 1.807) is 25.3 Å². The van der Waals surface area contributed by atoms with Gasteiger partial charge in [0.05, 0.1) is 13.2 Å². The maximum absolute atomic E-state index is 12.5. The first-order chi connectivity index (χ1) is 11.9. The van der Waals surface area contributed by atoms with Crippen molar-refractivity contribution in [2.45, 2.75) is 58.1 Å². The van der Waals surface area contributed by atoms with Crippen LogP contribution in [0.25, 0.3) is 0 Å². The van der Waals surface area contributed by atoms with Gasteiger partial charge in [-0.3, -0.25) is 4.79 Å². The first-order valence-corrected chi connectivity index (χ1v) is 8.79. The van der Waals surface area contributed by atoms with E-state index < -0.39 is 17.9 Å². The molecule has 0 spiro atoms. The Morgan fingerprint density at radius 3 is 2.48 bits per heavy atom. The SMILES string of the molecule is COc1ccc(C(=O)NC(CC(C)C)C(=O)O)cc1OC1CCCC1. The fourth-order valence-corrected chi connectivity index (χ4v) is 3.03. The highest BCUT2D eigenvalue weighted by atomic mass is 16.5. The van der Waals surface area contributed by atoms with Crippen LogP contribution in [0, 0.1) is 5.92 Å². The molecule has 25 heavy (non-hydrogen) atoms. The third kappa shape index (κ3) is 5.37. The minimum absolute atomic E-state index is 0.139. The minimum atomic E-state index is -1.03. The van der Waals surface area contributed by atoms with Gasteiger partial charge in [-0.1, -0.05) is 13.8 Å². The third-order valence-electron chi connectivity index (χ3n) is 4.33. The summed E-state index contributed by atoms with van der Waals surface area (Å²) in [4.78, 5) is 23.8. The Bertz CT molecular complexity index is 608. The van der Waals surface area contributed by atoms with Crippen molar-refractivity contribution < 1.29 is 24.2 Å². The smallest absolute Gasteiger partial charge is 0.326 e. The van der Waals surface area contributed by atoms with Gasteiger partial charge in [-0.25, -0.2) is 4.79 Å². The average Bonchev–Trinajstić information content (AvgIpc) is 3.06. The summed E-state index contributed by atoms with van der Waals surface area (Å²) in [7, 11) is 1.56. The summed E-state index contributed by atoms with van der Waals surface area (Å²) >= 11 is 0. The van der Waals surface area contributed by atoms with Crippen LogP contribution in [0.4, 0.5) is 0 Å². The molecule has 0 saturated heterocycles. The number of carboxylic acid groups (broad SMARTS) is 1. The lowest BCUT2D eigenvalue weighted by Gasteiger charge is -2.18. The van der Waals surface area contributed by atoms with Crippen LogP contribution in [-0.4, -0.2) is 36.2 Å². The second kappa shape index (κ2) is 8.74. The molecule has 6 nitrogen and oxygen atoms in total. The normalized spacial score (nSPS) is 15.8. The van der Waals surface area contributed by atoms with E-state index in [0.29, 0.717) is 23.5 Å². The fourth-order valence-electron chi connectivity index (χ4n) is 3.03. The van der Waals surface area contributed by atoms with E-state index in [4.69, 9.17) is 9.47 Å². The molecule has 1 aromatic carbocycles. The van der Waals surface area contributed by atoms with Crippen LogP contribution in [0.5, 0.6) is 11.5 Å². The van der Waals surface area contributed by atoms with Crippen molar-refractivity contribution in [1.29, 1.82) is 0 Å². The Hall–Kier alpha value is -2.24. The van der Waals surface area contributed by atoms with Crippen molar-refractivity contribution in [3.05, 3.63) is 23.8 Å². The van der Waals surface area contributed by atoms with Gasteiger partial charge < -0.3 is 19.9 Å². The zero-order chi connectivity index (χ0) is 18.4. The molecule has 1 saturated carbocycles. The number of hydrogen-bond acceptors (Lipinski definition) is 4. The molecule has 138 valence electrons. The molecule has 1 atom stereocenters. The summed E-state index contributed by atoms with van der Waals surface area (Å²) < 4.78 is 11.3. The van der Waals surface area contributed by atoms with E-state index in [1.807, 2.05) is 13.8 Å². The minimum Gasteiger partial charge on any atom is -0.493 e. The molecule has 1 fully saturated rings. The van der Waals surface area contributed by atoms with Crippen LogP contribution in [0.2, 0.25) is 0 Å². The van der Waals surface area contributed by atoms with Gasteiger partial charge in [-0.2, -0.15) is 0 Å². The second-order valence-electron chi connectivity index (χ2n) is 6.88. The Kier molecular flexibility index (Phi) is 6.67. The Labute approximate surface area is 148 Å². The Morgan fingerprint density at radius 2 is 1.92 bits per heavy atom. The number of carboxylic acids is 1. The monoisotopic (exact) mass is 349 g/mol. The van der Waals surface area contributed by atoms with Crippen LogP contribution in [0.1, 0.15) is 56.3 Å². The van der Waals surface area contributed by atoms with Crippen LogP contribution in [0.15, 0.2) is 18.2 Å². The van der Waals surface area contributed by atoms with E-state index in [9.17, 15) is 14.7 Å². The van der Waals surface area contributed by atoms with Crippen LogP contribution in [0.3, 0.4) is 0 Å². The van der Waals surface area contributed by atoms with Gasteiger partial charge in [0.25, 0.3) is 5.91 Å². The summed E-state index contributed by atoms with van der Waals surface area (Å²) in [5.41, 5.74) is 0.365. The standard InChI is InChI=1S/C19H27NO5/c1-12(2)10-15(19(22)23)20-18(21)13-8-9-16(24-3)17(11-13)25-14-6-4-5-7-14/h8-9,11-12,14-15H,4-7,10H2,1-3H3,(H,20,21)(H,22,23). The third-order valence-corrected chi connectivity index (χ3v) is 4.33. The lowest BCUT2D eigenvalue weighted by molar-refractivity contribution is -0.139. The number of amides is 1. The zero-order valence-corrected chi connectivity index (χ0v) is 15.1. The fraction of sp³-hybridized carbons (Fsp3) is 0.579. The maximum atomic E-state index is 12.5. The zero-order valence-electron chi connectivity index (χ0n) is 15.1. The van der Waals surface area contributed by atoms with Gasteiger partial charge in [0.2, 0.25) is 0 Å². The van der Waals surface area contributed by atoms with E-state index in [2.05, 4.69) is 5.32 Å². The number of carbonyl (C=O) groups is 2. The van der Waals surface area contributed by atoms with E-state index in [-0.39, 0.29) is 12.0 Å². The highest BCUT2D eigenvalue weighted by Gasteiger charge is 2.23. The highest BCUT2D eigenvalue weighted by Crippen LogP contribution is 2.32. The number of methoxy groups -OCH3 is 1. The molecule has 1 aromatic rings. The number of benzene rings is 1. The van der Waals surface area contributed by atoms with Gasteiger partial charge in [-0.15, -0.1) is 0 Å². The molecule has 0 aromatic heterocycles. The molecule has 6 heteroatoms. The van der Waals surface area contributed by atoms with Crippen molar-refractivity contribution in [2.24, 2.45) is 5.92 Å². The van der Waals surface area contributed by atoms with Crippen molar-refractivity contribution in [2.75, 3.05) is 7.11 Å². The lowest BCUT2D eigenvalue weighted by Crippen LogP contribution is -2.41. The van der Waals surface area contributed by atoms with Crippen LogP contribution < -0.4 is 14.8 Å². The summed E-state index contributed by atoms with van der Waals surface area (Å²) in [6.07, 6.45) is 4.79. The Morgan fingerprint density at radius 1 is 1.24 bits per heavy atom. The van der Waals surface area contributed by atoms with Gasteiger partial charge in [0.1, 0.15) is 6.04 Å². The summed E-state index contributed by atoms with van der Waals surface area (Å²) in [5, 5.41) is 11.9. The van der Waals surface area contributed by atoms with Crippen molar-refractivity contribution >= 4 is 11.9 Å². The summed E-state index contributed by atoms with van der Waals surface area (Å²) in [6.45, 7) is 3.84. The molecule has 1 aliphatic carbocycles. The number of ether oxygens (including phenoxy) is 2. The first kappa shape index (κ1) is 19.1. The largest absolute Gasteiger partial charge is 0.493 e.